The van der Waals surface area contributed by atoms with E-state index in [4.69, 9.17) is 8.92 Å². The van der Waals surface area contributed by atoms with E-state index in [2.05, 4.69) is 0 Å². The fraction of sp³-hybridized carbons (Fsp3) is 0.478. The lowest BCUT2D eigenvalue weighted by molar-refractivity contribution is 0.315. The van der Waals surface area contributed by atoms with Gasteiger partial charge in [0.05, 0.1) is 13.7 Å². The van der Waals surface area contributed by atoms with Crippen molar-refractivity contribution in [1.82, 2.24) is 0 Å². The maximum Gasteiger partial charge on any atom is 0.300 e. The van der Waals surface area contributed by atoms with Gasteiger partial charge in [-0.2, -0.15) is 8.42 Å². The van der Waals surface area contributed by atoms with Crippen molar-refractivity contribution in [3.63, 3.8) is 0 Å². The number of rotatable bonds is 6. The minimum Gasteiger partial charge on any atom is -0.507 e. The summed E-state index contributed by atoms with van der Waals surface area (Å²) in [6.07, 6.45) is 4.73. The van der Waals surface area contributed by atoms with E-state index in [1.807, 2.05) is 0 Å². The molecule has 2 N–H and O–H groups in total. The second-order valence-corrected chi connectivity index (χ2v) is 9.81. The van der Waals surface area contributed by atoms with Crippen LogP contribution >= 0.6 is 0 Å². The van der Waals surface area contributed by atoms with Gasteiger partial charge in [-0.1, -0.05) is 13.0 Å². The summed E-state index contributed by atoms with van der Waals surface area (Å²) in [6.45, 7) is 3.61. The summed E-state index contributed by atoms with van der Waals surface area (Å²) in [5.74, 6) is 0.998. The number of ether oxygens (including phenoxy) is 1. The minimum atomic E-state index is -4.12. The first kappa shape index (κ1) is 21.0. The Kier molecular flexibility index (Phi) is 5.45. The van der Waals surface area contributed by atoms with Crippen LogP contribution in [-0.2, 0) is 14.3 Å². The van der Waals surface area contributed by atoms with Gasteiger partial charge < -0.3 is 14.9 Å². The summed E-state index contributed by atoms with van der Waals surface area (Å²) in [4.78, 5) is -0.297. The van der Waals surface area contributed by atoms with Crippen LogP contribution in [0.4, 0.5) is 0 Å². The Hall–Kier alpha value is -2.25. The number of benzene rings is 2. The molecule has 2 aromatic rings. The molecule has 0 aliphatic heterocycles. The molecule has 7 heteroatoms. The molecule has 3 aliphatic carbocycles. The summed E-state index contributed by atoms with van der Waals surface area (Å²) in [5, 5.41) is 22.2. The molecule has 162 valence electrons. The molecule has 0 atom stereocenters. The maximum atomic E-state index is 12.6. The molecule has 2 aromatic carbocycles. The van der Waals surface area contributed by atoms with Gasteiger partial charge in [-0.3, -0.25) is 4.18 Å². The largest absolute Gasteiger partial charge is 0.507 e. The van der Waals surface area contributed by atoms with Gasteiger partial charge in [0.15, 0.2) is 0 Å². The lowest BCUT2D eigenvalue weighted by Crippen LogP contribution is -2.22. The molecule has 0 radical (unpaired) electrons. The molecule has 1 saturated carbocycles. The van der Waals surface area contributed by atoms with Crippen LogP contribution in [-0.4, -0.2) is 32.3 Å². The molecule has 5 rings (SSSR count). The van der Waals surface area contributed by atoms with Crippen LogP contribution in [0.5, 0.6) is 17.2 Å². The minimum absolute atomic E-state index is 0.0337. The topological polar surface area (TPSA) is 93.1 Å². The average Bonchev–Trinajstić information content (AvgIpc) is 2.74. The lowest BCUT2D eigenvalue weighted by atomic mass is 9.66. The predicted molar refractivity (Wildman–Crippen MR) is 114 cm³/mol. The molecule has 0 unspecified atom stereocenters. The third-order valence-electron chi connectivity index (χ3n) is 6.44. The van der Waals surface area contributed by atoms with E-state index >= 15 is 0 Å². The van der Waals surface area contributed by atoms with Gasteiger partial charge in [0.25, 0.3) is 0 Å². The van der Waals surface area contributed by atoms with Crippen LogP contribution in [0.15, 0.2) is 23.1 Å². The first-order valence-corrected chi connectivity index (χ1v) is 11.9. The molecule has 6 nitrogen and oxygen atoms in total. The Morgan fingerprint density at radius 2 is 1.67 bits per heavy atom. The number of hydrogen-bond donors (Lipinski definition) is 2. The fourth-order valence-corrected chi connectivity index (χ4v) is 6.10. The highest BCUT2D eigenvalue weighted by molar-refractivity contribution is 7.86. The molecule has 0 saturated heterocycles. The zero-order valence-electron chi connectivity index (χ0n) is 17.6. The SMILES string of the molecule is CCCOS(=O)(=O)c1ccc(C)c(-c2cc(OC)c3c(c2O)C2CCC3CC2)c1O. The first-order valence-electron chi connectivity index (χ1n) is 10.5. The van der Waals surface area contributed by atoms with Crippen molar-refractivity contribution in [2.45, 2.75) is 62.7 Å². The summed E-state index contributed by atoms with van der Waals surface area (Å²) >= 11 is 0. The third kappa shape index (κ3) is 3.24. The van der Waals surface area contributed by atoms with Gasteiger partial charge in [-0.15, -0.1) is 0 Å². The molecular weight excluding hydrogens is 404 g/mol. The standard InChI is InChI=1S/C23H28O6S/c1-4-11-29-30(26,27)18-10-5-13(2)19(23(18)25)16-12-17(28-3)20-14-6-8-15(9-7-14)21(20)22(16)24/h5,10,12,14-15,24-25H,4,6-9,11H2,1-3H3. The second kappa shape index (κ2) is 7.78. The van der Waals surface area contributed by atoms with Crippen LogP contribution in [0.1, 0.15) is 67.6 Å². The Morgan fingerprint density at radius 3 is 2.27 bits per heavy atom. The van der Waals surface area contributed by atoms with Gasteiger partial charge in [0.1, 0.15) is 22.1 Å². The molecule has 2 bridgehead atoms. The van der Waals surface area contributed by atoms with Crippen molar-refractivity contribution in [2.75, 3.05) is 13.7 Å². The van der Waals surface area contributed by atoms with Crippen LogP contribution < -0.4 is 4.74 Å². The zero-order valence-corrected chi connectivity index (χ0v) is 18.4. The quantitative estimate of drug-likeness (QED) is 0.627. The van der Waals surface area contributed by atoms with E-state index in [1.165, 1.54) is 6.07 Å². The summed E-state index contributed by atoms with van der Waals surface area (Å²) < 4.78 is 35.8. The number of phenolic OH excluding ortho intramolecular Hbond substituents is 2. The van der Waals surface area contributed by atoms with E-state index < -0.39 is 15.9 Å². The van der Waals surface area contributed by atoms with E-state index in [0.29, 0.717) is 29.2 Å². The number of hydrogen-bond acceptors (Lipinski definition) is 6. The van der Waals surface area contributed by atoms with Crippen molar-refractivity contribution in [3.05, 3.63) is 34.9 Å². The Balaban J connectivity index is 1.94. The van der Waals surface area contributed by atoms with Gasteiger partial charge in [0, 0.05) is 22.3 Å². The normalized spacial score (nSPS) is 20.2. The van der Waals surface area contributed by atoms with Crippen molar-refractivity contribution in [3.8, 4) is 28.4 Å². The molecule has 0 aromatic heterocycles. The maximum absolute atomic E-state index is 12.6. The van der Waals surface area contributed by atoms with Crippen LogP contribution in [0, 0.1) is 6.92 Å². The average molecular weight is 433 g/mol. The van der Waals surface area contributed by atoms with Gasteiger partial charge in [0.2, 0.25) is 0 Å². The molecule has 3 aliphatic rings. The lowest BCUT2D eigenvalue weighted by Gasteiger charge is -2.40. The van der Waals surface area contributed by atoms with Crippen molar-refractivity contribution < 1.29 is 27.6 Å². The Bertz CT molecular complexity index is 1080. The molecule has 1 fully saturated rings. The summed E-state index contributed by atoms with van der Waals surface area (Å²) in [7, 11) is -2.52. The van der Waals surface area contributed by atoms with Crippen molar-refractivity contribution >= 4 is 10.1 Å². The van der Waals surface area contributed by atoms with E-state index in [1.54, 1.807) is 33.1 Å². The molecule has 0 heterocycles. The Morgan fingerprint density at radius 1 is 1.03 bits per heavy atom. The highest BCUT2D eigenvalue weighted by atomic mass is 32.2. The Labute approximate surface area is 177 Å². The van der Waals surface area contributed by atoms with E-state index in [-0.39, 0.29) is 28.7 Å². The van der Waals surface area contributed by atoms with Crippen LogP contribution in [0.2, 0.25) is 0 Å². The number of phenols is 2. The molecule has 0 amide bonds. The smallest absolute Gasteiger partial charge is 0.300 e. The van der Waals surface area contributed by atoms with Crippen molar-refractivity contribution in [1.29, 1.82) is 0 Å². The number of aryl methyl sites for hydroxylation is 1. The van der Waals surface area contributed by atoms with Gasteiger partial charge in [-0.25, -0.2) is 0 Å². The number of aromatic hydroxyl groups is 2. The number of fused-ring (bicyclic) bond motifs is 2. The predicted octanol–water partition coefficient (Wildman–Crippen LogP) is 4.95. The fourth-order valence-electron chi connectivity index (χ4n) is 5.02. The summed E-state index contributed by atoms with van der Waals surface area (Å²) in [5.41, 5.74) is 3.28. The van der Waals surface area contributed by atoms with Crippen LogP contribution in [0.3, 0.4) is 0 Å². The first-order chi connectivity index (χ1) is 14.3. The highest BCUT2D eigenvalue weighted by Crippen LogP contribution is 2.58. The second-order valence-electron chi connectivity index (χ2n) is 8.23. The molecule has 0 spiro atoms. The van der Waals surface area contributed by atoms with Crippen LogP contribution in [0.25, 0.3) is 11.1 Å². The molecular formula is C23H28O6S. The van der Waals surface area contributed by atoms with Crippen molar-refractivity contribution in [2.24, 2.45) is 0 Å². The van der Waals surface area contributed by atoms with Gasteiger partial charge >= 0.3 is 10.1 Å². The summed E-state index contributed by atoms with van der Waals surface area (Å²) in [6, 6.07) is 4.68. The van der Waals surface area contributed by atoms with E-state index in [9.17, 15) is 18.6 Å². The number of methoxy groups -OCH3 is 1. The third-order valence-corrected chi connectivity index (χ3v) is 7.78. The zero-order chi connectivity index (χ0) is 21.6. The van der Waals surface area contributed by atoms with E-state index in [0.717, 1.165) is 36.8 Å². The highest BCUT2D eigenvalue weighted by Gasteiger charge is 2.39. The monoisotopic (exact) mass is 432 g/mol. The molecule has 30 heavy (non-hydrogen) atoms. The van der Waals surface area contributed by atoms with Gasteiger partial charge in [-0.05, 0) is 68.6 Å².